The Morgan fingerprint density at radius 2 is 2.05 bits per heavy atom. The van der Waals surface area contributed by atoms with Gasteiger partial charge in [0.2, 0.25) is 0 Å². The highest BCUT2D eigenvalue weighted by atomic mass is 32.2. The van der Waals surface area contributed by atoms with E-state index in [0.717, 1.165) is 18.2 Å². The number of aromatic amines is 1. The zero-order chi connectivity index (χ0) is 15.8. The lowest BCUT2D eigenvalue weighted by molar-refractivity contribution is 0.0697. The first-order chi connectivity index (χ1) is 9.72. The van der Waals surface area contributed by atoms with Gasteiger partial charge in [-0.1, -0.05) is 0 Å². The number of H-pyrrole nitrogens is 1. The van der Waals surface area contributed by atoms with Crippen molar-refractivity contribution in [2.45, 2.75) is 18.7 Å². The summed E-state index contributed by atoms with van der Waals surface area (Å²) in [4.78, 5) is 10.8. The van der Waals surface area contributed by atoms with Gasteiger partial charge in [0.05, 0.1) is 22.6 Å². The van der Waals surface area contributed by atoms with E-state index in [2.05, 4.69) is 10.2 Å². The van der Waals surface area contributed by atoms with Gasteiger partial charge in [0.15, 0.2) is 0 Å². The predicted octanol–water partition coefficient (Wildman–Crippen LogP) is 1.66. The van der Waals surface area contributed by atoms with Gasteiger partial charge >= 0.3 is 5.97 Å². The molecule has 0 amide bonds. The van der Waals surface area contributed by atoms with Crippen LogP contribution in [0.1, 0.15) is 21.7 Å². The van der Waals surface area contributed by atoms with Crippen LogP contribution >= 0.6 is 0 Å². The number of halogens is 1. The number of anilines is 1. The van der Waals surface area contributed by atoms with Crippen LogP contribution in [0, 0.1) is 19.7 Å². The monoisotopic (exact) mass is 313 g/mol. The summed E-state index contributed by atoms with van der Waals surface area (Å²) in [7, 11) is -4.07. The first kappa shape index (κ1) is 15.0. The average molecular weight is 313 g/mol. The maximum atomic E-state index is 13.7. The number of aryl methyl sites for hydroxylation is 2. The molecule has 0 spiro atoms. The molecule has 0 atom stereocenters. The van der Waals surface area contributed by atoms with Crippen LogP contribution in [0.3, 0.4) is 0 Å². The second kappa shape index (κ2) is 5.17. The van der Waals surface area contributed by atoms with Crippen molar-refractivity contribution in [3.05, 3.63) is 41.0 Å². The summed E-state index contributed by atoms with van der Waals surface area (Å²) >= 11 is 0. The van der Waals surface area contributed by atoms with E-state index in [-0.39, 0.29) is 16.2 Å². The Kier molecular flexibility index (Phi) is 3.69. The van der Waals surface area contributed by atoms with Crippen molar-refractivity contribution in [2.24, 2.45) is 0 Å². The van der Waals surface area contributed by atoms with E-state index in [0.29, 0.717) is 5.69 Å². The summed E-state index contributed by atoms with van der Waals surface area (Å²) in [5, 5.41) is 15.1. The third-order valence-corrected chi connectivity index (χ3v) is 4.41. The summed E-state index contributed by atoms with van der Waals surface area (Å²) in [5.41, 5.74) is -0.130. The number of carboxylic acids is 1. The quantitative estimate of drug-likeness (QED) is 0.794. The van der Waals surface area contributed by atoms with E-state index in [4.69, 9.17) is 5.11 Å². The van der Waals surface area contributed by atoms with Crippen molar-refractivity contribution in [3.63, 3.8) is 0 Å². The zero-order valence-corrected chi connectivity index (χ0v) is 12.0. The first-order valence-corrected chi connectivity index (χ1v) is 7.28. The van der Waals surface area contributed by atoms with Gasteiger partial charge in [0, 0.05) is 0 Å². The number of carbonyl (C=O) groups is 1. The minimum absolute atomic E-state index is 0.0948. The van der Waals surface area contributed by atoms with Gasteiger partial charge in [-0.15, -0.1) is 0 Å². The molecule has 3 N–H and O–H groups in total. The van der Waals surface area contributed by atoms with Crippen LogP contribution in [0.2, 0.25) is 0 Å². The number of aromatic nitrogens is 2. The summed E-state index contributed by atoms with van der Waals surface area (Å²) in [6.45, 7) is 3.00. The second-order valence-corrected chi connectivity index (χ2v) is 5.99. The fourth-order valence-electron chi connectivity index (χ4n) is 1.87. The van der Waals surface area contributed by atoms with Gasteiger partial charge in [-0.25, -0.2) is 17.6 Å². The number of hydrogen-bond donors (Lipinski definition) is 3. The third kappa shape index (κ3) is 2.87. The smallest absolute Gasteiger partial charge is 0.335 e. The lowest BCUT2D eigenvalue weighted by Crippen LogP contribution is -2.16. The number of nitrogens with one attached hydrogen (secondary N) is 2. The van der Waals surface area contributed by atoms with Gasteiger partial charge < -0.3 is 5.11 Å². The minimum atomic E-state index is -4.07. The van der Waals surface area contributed by atoms with E-state index >= 15 is 0 Å². The Morgan fingerprint density at radius 1 is 1.38 bits per heavy atom. The topological polar surface area (TPSA) is 112 Å². The number of carboxylic acid groups (broad SMARTS) is 1. The van der Waals surface area contributed by atoms with Crippen molar-refractivity contribution in [1.29, 1.82) is 0 Å². The maximum absolute atomic E-state index is 13.7. The van der Waals surface area contributed by atoms with Gasteiger partial charge in [0.25, 0.3) is 10.0 Å². The fourth-order valence-corrected chi connectivity index (χ4v) is 3.30. The van der Waals surface area contributed by atoms with Crippen molar-refractivity contribution >= 4 is 21.7 Å². The number of nitrogens with zero attached hydrogens (tertiary/aromatic N) is 1. The highest BCUT2D eigenvalue weighted by molar-refractivity contribution is 7.92. The summed E-state index contributed by atoms with van der Waals surface area (Å²) in [6, 6.07) is 2.85. The normalized spacial score (nSPS) is 11.4. The highest BCUT2D eigenvalue weighted by Crippen LogP contribution is 2.23. The molecule has 0 bridgehead atoms. The summed E-state index contributed by atoms with van der Waals surface area (Å²) < 4.78 is 40.2. The molecule has 2 aromatic rings. The molecule has 0 aliphatic rings. The third-order valence-electron chi connectivity index (χ3n) is 2.79. The van der Waals surface area contributed by atoms with Gasteiger partial charge in [-0.3, -0.25) is 9.82 Å². The van der Waals surface area contributed by atoms with Crippen LogP contribution in [0.25, 0.3) is 0 Å². The van der Waals surface area contributed by atoms with Crippen LogP contribution in [0.4, 0.5) is 10.1 Å². The first-order valence-electron chi connectivity index (χ1n) is 5.79. The molecular formula is C12H12FN3O4S. The number of aromatic carboxylic acids is 1. The molecule has 1 aromatic carbocycles. The number of benzene rings is 1. The van der Waals surface area contributed by atoms with Gasteiger partial charge in [-0.2, -0.15) is 5.10 Å². The Labute approximate surface area is 119 Å². The lowest BCUT2D eigenvalue weighted by atomic mass is 10.2. The zero-order valence-electron chi connectivity index (χ0n) is 11.1. The molecule has 0 aliphatic heterocycles. The fraction of sp³-hybridized carbons (Fsp3) is 0.167. The number of hydrogen-bond acceptors (Lipinski definition) is 4. The van der Waals surface area contributed by atoms with E-state index in [1.807, 2.05) is 4.72 Å². The molecule has 112 valence electrons. The molecule has 0 fully saturated rings. The molecule has 1 aromatic heterocycles. The molecule has 7 nitrogen and oxygen atoms in total. The van der Waals surface area contributed by atoms with Crippen LogP contribution < -0.4 is 4.72 Å². The molecular weight excluding hydrogens is 301 g/mol. The molecule has 0 saturated carbocycles. The minimum Gasteiger partial charge on any atom is -0.478 e. The molecule has 9 heteroatoms. The average Bonchev–Trinajstić information content (AvgIpc) is 2.71. The SMILES string of the molecule is Cc1n[nH]c(C)c1S(=O)(=O)Nc1cc(C(=O)O)ccc1F. The molecule has 0 radical (unpaired) electrons. The van der Waals surface area contributed by atoms with Crippen molar-refractivity contribution in [2.75, 3.05) is 4.72 Å². The van der Waals surface area contributed by atoms with Gasteiger partial charge in [-0.05, 0) is 32.0 Å². The van der Waals surface area contributed by atoms with E-state index < -0.39 is 27.5 Å². The van der Waals surface area contributed by atoms with E-state index in [9.17, 15) is 17.6 Å². The Balaban J connectivity index is 2.46. The highest BCUT2D eigenvalue weighted by Gasteiger charge is 2.23. The maximum Gasteiger partial charge on any atom is 0.335 e. The summed E-state index contributed by atoms with van der Waals surface area (Å²) in [5.74, 6) is -2.16. The van der Waals surface area contributed by atoms with Crippen molar-refractivity contribution in [1.82, 2.24) is 10.2 Å². The van der Waals surface area contributed by atoms with E-state index in [1.165, 1.54) is 13.8 Å². The largest absolute Gasteiger partial charge is 0.478 e. The van der Waals surface area contributed by atoms with Crippen molar-refractivity contribution in [3.8, 4) is 0 Å². The molecule has 21 heavy (non-hydrogen) atoms. The lowest BCUT2D eigenvalue weighted by Gasteiger charge is -2.09. The number of sulfonamides is 1. The molecule has 0 aliphatic carbocycles. The Hall–Kier alpha value is -2.42. The Bertz CT molecular complexity index is 794. The van der Waals surface area contributed by atoms with Crippen LogP contribution in [-0.4, -0.2) is 29.7 Å². The van der Waals surface area contributed by atoms with Crippen LogP contribution in [0.15, 0.2) is 23.1 Å². The molecule has 0 saturated heterocycles. The predicted molar refractivity (Wildman–Crippen MR) is 72.2 cm³/mol. The summed E-state index contributed by atoms with van der Waals surface area (Å²) in [6.07, 6.45) is 0. The molecule has 2 rings (SSSR count). The molecule has 1 heterocycles. The van der Waals surface area contributed by atoms with E-state index in [1.54, 1.807) is 0 Å². The Morgan fingerprint density at radius 3 is 2.57 bits per heavy atom. The van der Waals surface area contributed by atoms with Crippen LogP contribution in [-0.2, 0) is 10.0 Å². The standard InChI is InChI=1S/C12H12FN3O4S/c1-6-11(7(2)15-14-6)21(19,20)16-10-5-8(12(17)18)3-4-9(10)13/h3-5,16H,1-2H3,(H,14,15)(H,17,18). The number of rotatable bonds is 4. The molecule has 0 unspecified atom stereocenters. The van der Waals surface area contributed by atoms with Crippen molar-refractivity contribution < 1.29 is 22.7 Å². The van der Waals surface area contributed by atoms with Crippen LogP contribution in [0.5, 0.6) is 0 Å². The second-order valence-electron chi connectivity index (χ2n) is 4.37. The van der Waals surface area contributed by atoms with Gasteiger partial charge in [0.1, 0.15) is 10.7 Å².